The summed E-state index contributed by atoms with van der Waals surface area (Å²) < 4.78 is 1.74. The number of amides is 1. The maximum atomic E-state index is 12.3. The third-order valence-corrected chi connectivity index (χ3v) is 3.91. The maximum Gasteiger partial charge on any atom is 0.251 e. The summed E-state index contributed by atoms with van der Waals surface area (Å²) in [5, 5.41) is 7.27. The third kappa shape index (κ3) is 3.59. The van der Waals surface area contributed by atoms with Crippen LogP contribution in [0.2, 0.25) is 0 Å². The van der Waals surface area contributed by atoms with E-state index in [0.29, 0.717) is 17.3 Å². The third-order valence-electron chi connectivity index (χ3n) is 3.91. The second-order valence-electron chi connectivity index (χ2n) is 5.90. The Morgan fingerprint density at radius 2 is 2.04 bits per heavy atom. The summed E-state index contributed by atoms with van der Waals surface area (Å²) in [5.41, 5.74) is 2.85. The summed E-state index contributed by atoms with van der Waals surface area (Å²) in [6.07, 6.45) is 7.39. The highest BCUT2D eigenvalue weighted by Crippen LogP contribution is 2.20. The molecule has 2 aromatic heterocycles. The number of benzene rings is 1. The molecule has 4 rings (SSSR count). The largest absolute Gasteiger partial charge is 0.349 e. The summed E-state index contributed by atoms with van der Waals surface area (Å²) in [6, 6.07) is 13.3. The molecule has 0 aliphatic heterocycles. The minimum atomic E-state index is -0.0598. The number of aromatic nitrogens is 3. The van der Waals surface area contributed by atoms with Gasteiger partial charge in [0.15, 0.2) is 0 Å². The van der Waals surface area contributed by atoms with Crippen molar-refractivity contribution in [3.63, 3.8) is 0 Å². The normalized spacial score (nSPS) is 13.0. The predicted molar refractivity (Wildman–Crippen MR) is 94.3 cm³/mol. The molecule has 0 atom stereocenters. The number of nitrogens with zero attached hydrogens (tertiary/aromatic N) is 3. The number of carbonyl (C=O) groups is 1. The number of rotatable bonds is 3. The Kier molecular flexibility index (Phi) is 4.01. The molecule has 1 saturated carbocycles. The second kappa shape index (κ2) is 6.62. The molecule has 1 N–H and O–H groups in total. The Morgan fingerprint density at radius 1 is 1.12 bits per heavy atom. The average molecular weight is 328 g/mol. The van der Waals surface area contributed by atoms with Crippen LogP contribution >= 0.6 is 0 Å². The van der Waals surface area contributed by atoms with Crippen LogP contribution < -0.4 is 5.32 Å². The van der Waals surface area contributed by atoms with Crippen LogP contribution in [0.5, 0.6) is 0 Å². The van der Waals surface area contributed by atoms with Gasteiger partial charge in [0.25, 0.3) is 5.91 Å². The van der Waals surface area contributed by atoms with Crippen LogP contribution in [-0.2, 0) is 0 Å². The van der Waals surface area contributed by atoms with E-state index < -0.39 is 0 Å². The minimum absolute atomic E-state index is 0.0598. The van der Waals surface area contributed by atoms with Gasteiger partial charge in [-0.2, -0.15) is 5.10 Å². The number of hydrogen-bond acceptors (Lipinski definition) is 3. The first-order valence-electron chi connectivity index (χ1n) is 8.17. The smallest absolute Gasteiger partial charge is 0.251 e. The Morgan fingerprint density at radius 3 is 2.76 bits per heavy atom. The minimum Gasteiger partial charge on any atom is -0.349 e. The number of nitrogens with one attached hydrogen (secondary N) is 1. The predicted octanol–water partition coefficient (Wildman–Crippen LogP) is 2.56. The van der Waals surface area contributed by atoms with Gasteiger partial charge in [0, 0.05) is 30.2 Å². The zero-order chi connectivity index (χ0) is 17.1. The summed E-state index contributed by atoms with van der Waals surface area (Å²) in [6.45, 7) is 0. The van der Waals surface area contributed by atoms with E-state index in [4.69, 9.17) is 0 Å². The van der Waals surface area contributed by atoms with Crippen molar-refractivity contribution in [2.75, 3.05) is 0 Å². The highest BCUT2D eigenvalue weighted by atomic mass is 16.1. The van der Waals surface area contributed by atoms with Gasteiger partial charge in [-0.15, -0.1) is 0 Å². The highest BCUT2D eigenvalue weighted by Gasteiger charge is 2.24. The summed E-state index contributed by atoms with van der Waals surface area (Å²) in [4.78, 5) is 16.5. The molecule has 3 aromatic rings. The average Bonchev–Trinajstić information content (AvgIpc) is 3.30. The second-order valence-corrected chi connectivity index (χ2v) is 5.90. The SMILES string of the molecule is O=C(NC1CC1)c1ccc(-n2cccn2)c(C#Cc2ccccn2)c1. The fraction of sp³-hybridized carbons (Fsp3) is 0.150. The van der Waals surface area contributed by atoms with Gasteiger partial charge in [0.05, 0.1) is 11.3 Å². The van der Waals surface area contributed by atoms with Crippen molar-refractivity contribution in [3.8, 4) is 17.5 Å². The molecule has 0 saturated heterocycles. The van der Waals surface area contributed by atoms with Crippen molar-refractivity contribution in [2.45, 2.75) is 18.9 Å². The van der Waals surface area contributed by atoms with Crippen LogP contribution in [0.3, 0.4) is 0 Å². The molecule has 1 amide bonds. The van der Waals surface area contributed by atoms with Crippen molar-refractivity contribution in [1.82, 2.24) is 20.1 Å². The molecule has 2 heterocycles. The molecular weight excluding hydrogens is 312 g/mol. The Labute approximate surface area is 145 Å². The Hall–Kier alpha value is -3.39. The molecule has 1 aromatic carbocycles. The molecule has 1 aliphatic carbocycles. The van der Waals surface area contributed by atoms with E-state index in [0.717, 1.165) is 24.1 Å². The van der Waals surface area contributed by atoms with Crippen molar-refractivity contribution >= 4 is 5.91 Å². The summed E-state index contributed by atoms with van der Waals surface area (Å²) in [7, 11) is 0. The standard InChI is InChI=1S/C20H16N4O/c25-20(23-18-8-9-18)16-6-10-19(24-13-3-12-22-24)15(14-16)5-7-17-4-1-2-11-21-17/h1-4,6,10-14,18H,8-9H2,(H,23,25). The van der Waals surface area contributed by atoms with Gasteiger partial charge in [-0.05, 0) is 55.2 Å². The molecule has 1 aliphatic rings. The number of hydrogen-bond donors (Lipinski definition) is 1. The quantitative estimate of drug-likeness (QED) is 0.752. The molecule has 0 unspecified atom stereocenters. The van der Waals surface area contributed by atoms with Gasteiger partial charge in [0.1, 0.15) is 5.69 Å². The topological polar surface area (TPSA) is 59.8 Å². The lowest BCUT2D eigenvalue weighted by molar-refractivity contribution is 0.0951. The monoisotopic (exact) mass is 328 g/mol. The zero-order valence-corrected chi connectivity index (χ0v) is 13.5. The number of carbonyl (C=O) groups excluding carboxylic acids is 1. The molecule has 122 valence electrons. The van der Waals surface area contributed by atoms with Gasteiger partial charge < -0.3 is 5.32 Å². The molecule has 5 heteroatoms. The first-order chi connectivity index (χ1) is 12.3. The first-order valence-corrected chi connectivity index (χ1v) is 8.17. The Bertz CT molecular complexity index is 948. The van der Waals surface area contributed by atoms with E-state index >= 15 is 0 Å². The van der Waals surface area contributed by atoms with E-state index in [1.54, 1.807) is 23.1 Å². The lowest BCUT2D eigenvalue weighted by atomic mass is 10.1. The lowest BCUT2D eigenvalue weighted by Crippen LogP contribution is -2.25. The molecule has 25 heavy (non-hydrogen) atoms. The summed E-state index contributed by atoms with van der Waals surface area (Å²) in [5.74, 6) is 6.12. The van der Waals surface area contributed by atoms with Gasteiger partial charge in [0.2, 0.25) is 0 Å². The van der Waals surface area contributed by atoms with Crippen molar-refractivity contribution in [1.29, 1.82) is 0 Å². The van der Waals surface area contributed by atoms with E-state index in [9.17, 15) is 4.79 Å². The van der Waals surface area contributed by atoms with E-state index in [2.05, 4.69) is 27.2 Å². The van der Waals surface area contributed by atoms with Gasteiger partial charge in [-0.1, -0.05) is 12.0 Å². The van der Waals surface area contributed by atoms with Crippen LogP contribution in [0.1, 0.15) is 34.5 Å². The van der Waals surface area contributed by atoms with Crippen LogP contribution in [0, 0.1) is 11.8 Å². The van der Waals surface area contributed by atoms with E-state index in [1.165, 1.54) is 0 Å². The molecule has 0 bridgehead atoms. The lowest BCUT2D eigenvalue weighted by Gasteiger charge is -2.08. The van der Waals surface area contributed by atoms with Crippen LogP contribution in [0.15, 0.2) is 61.1 Å². The molecule has 5 nitrogen and oxygen atoms in total. The van der Waals surface area contributed by atoms with Crippen molar-refractivity contribution in [2.24, 2.45) is 0 Å². The summed E-state index contributed by atoms with van der Waals surface area (Å²) >= 11 is 0. The van der Waals surface area contributed by atoms with Gasteiger partial charge in [-0.3, -0.25) is 4.79 Å². The van der Waals surface area contributed by atoms with Crippen LogP contribution in [-0.4, -0.2) is 26.7 Å². The maximum absolute atomic E-state index is 12.3. The van der Waals surface area contributed by atoms with Gasteiger partial charge in [-0.25, -0.2) is 9.67 Å². The first kappa shape index (κ1) is 15.2. The van der Waals surface area contributed by atoms with Crippen molar-refractivity contribution < 1.29 is 4.79 Å². The number of pyridine rings is 1. The van der Waals surface area contributed by atoms with Crippen molar-refractivity contribution in [3.05, 3.63) is 77.9 Å². The highest BCUT2D eigenvalue weighted by molar-refractivity contribution is 5.95. The van der Waals surface area contributed by atoms with E-state index in [-0.39, 0.29) is 5.91 Å². The van der Waals surface area contributed by atoms with Gasteiger partial charge >= 0.3 is 0 Å². The zero-order valence-electron chi connectivity index (χ0n) is 13.5. The molecule has 0 radical (unpaired) electrons. The van der Waals surface area contributed by atoms with Crippen LogP contribution in [0.4, 0.5) is 0 Å². The fourth-order valence-corrected chi connectivity index (χ4v) is 2.45. The molecular formula is C20H16N4O. The van der Waals surface area contributed by atoms with E-state index in [1.807, 2.05) is 42.6 Å². The molecule has 0 spiro atoms. The van der Waals surface area contributed by atoms with Crippen LogP contribution in [0.25, 0.3) is 5.69 Å². The Balaban J connectivity index is 1.72. The fourth-order valence-electron chi connectivity index (χ4n) is 2.45. The molecule has 1 fully saturated rings.